The van der Waals surface area contributed by atoms with Crippen LogP contribution < -0.4 is 0 Å². The molecule has 2 N–H and O–H groups in total. The Labute approximate surface area is 76.6 Å². The van der Waals surface area contributed by atoms with Crippen LogP contribution in [0, 0.1) is 12.7 Å². The highest BCUT2D eigenvalue weighted by atomic mass is 19.1. The molecular formula is C10H13FO2. The molecule has 13 heavy (non-hydrogen) atoms. The maximum absolute atomic E-state index is 12.9. The molecular weight excluding hydrogens is 171 g/mol. The summed E-state index contributed by atoms with van der Waals surface area (Å²) in [6, 6.07) is 2.71. The van der Waals surface area contributed by atoms with Gasteiger partial charge in [0.2, 0.25) is 0 Å². The van der Waals surface area contributed by atoms with E-state index in [1.165, 1.54) is 26.0 Å². The van der Waals surface area contributed by atoms with Crippen molar-refractivity contribution in [2.24, 2.45) is 0 Å². The summed E-state index contributed by atoms with van der Waals surface area (Å²) in [7, 11) is 0. The maximum atomic E-state index is 12.9. The second-order valence-corrected chi connectivity index (χ2v) is 3.65. The summed E-state index contributed by atoms with van der Waals surface area (Å²) in [6.07, 6.45) is 0. The second kappa shape index (κ2) is 3.00. The Bertz CT molecular complexity index is 326. The van der Waals surface area contributed by atoms with E-state index in [0.717, 1.165) is 0 Å². The molecule has 0 heterocycles. The third-order valence-corrected chi connectivity index (χ3v) is 1.95. The Morgan fingerprint density at radius 1 is 1.31 bits per heavy atom. The van der Waals surface area contributed by atoms with E-state index in [1.54, 1.807) is 6.92 Å². The van der Waals surface area contributed by atoms with Crippen LogP contribution in [0.25, 0.3) is 0 Å². The summed E-state index contributed by atoms with van der Waals surface area (Å²) < 4.78 is 12.9. The number of halogens is 1. The third-order valence-electron chi connectivity index (χ3n) is 1.95. The normalized spacial score (nSPS) is 11.8. The van der Waals surface area contributed by atoms with Gasteiger partial charge in [-0.2, -0.15) is 0 Å². The van der Waals surface area contributed by atoms with E-state index in [2.05, 4.69) is 0 Å². The Morgan fingerprint density at radius 3 is 2.23 bits per heavy atom. The highest BCUT2D eigenvalue weighted by Gasteiger charge is 2.24. The van der Waals surface area contributed by atoms with Gasteiger partial charge in [0.15, 0.2) is 11.6 Å². The minimum Gasteiger partial charge on any atom is -0.505 e. The number of phenolic OH excluding ortho intramolecular Hbond substituents is 1. The van der Waals surface area contributed by atoms with E-state index in [9.17, 15) is 14.6 Å². The van der Waals surface area contributed by atoms with Crippen LogP contribution in [0.4, 0.5) is 4.39 Å². The van der Waals surface area contributed by atoms with Gasteiger partial charge in [-0.25, -0.2) is 4.39 Å². The van der Waals surface area contributed by atoms with Crippen molar-refractivity contribution in [3.63, 3.8) is 0 Å². The molecule has 2 nitrogen and oxygen atoms in total. The fraction of sp³-hybridized carbons (Fsp3) is 0.400. The third kappa shape index (κ3) is 1.80. The molecule has 0 aromatic heterocycles. The predicted octanol–water partition coefficient (Wildman–Crippen LogP) is 2.07. The van der Waals surface area contributed by atoms with Gasteiger partial charge in [0.25, 0.3) is 0 Å². The van der Waals surface area contributed by atoms with Crippen molar-refractivity contribution >= 4 is 0 Å². The Kier molecular flexibility index (Phi) is 2.30. The number of hydrogen-bond donors (Lipinski definition) is 2. The molecule has 0 aliphatic rings. The Hall–Kier alpha value is -1.09. The summed E-state index contributed by atoms with van der Waals surface area (Å²) in [6.45, 7) is 4.73. The van der Waals surface area contributed by atoms with Gasteiger partial charge in [-0.05, 0) is 32.4 Å². The molecule has 72 valence electrons. The van der Waals surface area contributed by atoms with Crippen LogP contribution in [0.2, 0.25) is 0 Å². The molecule has 1 aromatic rings. The minimum absolute atomic E-state index is 0.243. The molecule has 0 saturated heterocycles. The summed E-state index contributed by atoms with van der Waals surface area (Å²) >= 11 is 0. The van der Waals surface area contributed by atoms with Crippen molar-refractivity contribution in [3.8, 4) is 5.75 Å². The van der Waals surface area contributed by atoms with E-state index in [0.29, 0.717) is 5.56 Å². The zero-order valence-corrected chi connectivity index (χ0v) is 7.93. The predicted molar refractivity (Wildman–Crippen MR) is 48.0 cm³/mol. The number of hydrogen-bond acceptors (Lipinski definition) is 2. The molecule has 0 bridgehead atoms. The Morgan fingerprint density at radius 2 is 1.85 bits per heavy atom. The second-order valence-electron chi connectivity index (χ2n) is 3.65. The lowest BCUT2D eigenvalue weighted by Gasteiger charge is -2.21. The lowest BCUT2D eigenvalue weighted by molar-refractivity contribution is 0.0744. The lowest BCUT2D eigenvalue weighted by Crippen LogP contribution is -2.17. The standard InChI is InChI=1S/C10H13FO2/c1-6-4-5-7(11)9(12)8(6)10(2,3)13/h4-5,12-13H,1-3H3. The van der Waals surface area contributed by atoms with Gasteiger partial charge >= 0.3 is 0 Å². The van der Waals surface area contributed by atoms with E-state index in [1.807, 2.05) is 0 Å². The number of benzene rings is 1. The first kappa shape index (κ1) is 9.99. The topological polar surface area (TPSA) is 40.5 Å². The first-order valence-electron chi connectivity index (χ1n) is 4.05. The lowest BCUT2D eigenvalue weighted by atomic mass is 9.93. The van der Waals surface area contributed by atoms with Gasteiger partial charge in [-0.1, -0.05) is 6.07 Å². The van der Waals surface area contributed by atoms with Crippen molar-refractivity contribution in [2.75, 3.05) is 0 Å². The van der Waals surface area contributed by atoms with Crippen molar-refractivity contribution < 1.29 is 14.6 Å². The van der Waals surface area contributed by atoms with Gasteiger partial charge in [0, 0.05) is 5.56 Å². The van der Waals surface area contributed by atoms with Crippen molar-refractivity contribution in [3.05, 3.63) is 29.1 Å². The zero-order valence-electron chi connectivity index (χ0n) is 7.93. The number of rotatable bonds is 1. The summed E-state index contributed by atoms with van der Waals surface area (Å²) in [5.74, 6) is -1.17. The van der Waals surface area contributed by atoms with Crippen LogP contribution in [-0.2, 0) is 5.60 Å². The zero-order chi connectivity index (χ0) is 10.2. The molecule has 3 heteroatoms. The monoisotopic (exact) mass is 184 g/mol. The molecule has 0 aliphatic carbocycles. The first-order valence-corrected chi connectivity index (χ1v) is 4.05. The number of aromatic hydroxyl groups is 1. The van der Waals surface area contributed by atoms with Crippen LogP contribution in [0.15, 0.2) is 12.1 Å². The van der Waals surface area contributed by atoms with Crippen LogP contribution in [0.1, 0.15) is 25.0 Å². The number of phenols is 1. The van der Waals surface area contributed by atoms with E-state index in [-0.39, 0.29) is 5.56 Å². The fourth-order valence-corrected chi connectivity index (χ4v) is 1.44. The molecule has 0 amide bonds. The van der Waals surface area contributed by atoms with Crippen molar-refractivity contribution in [1.29, 1.82) is 0 Å². The average Bonchev–Trinajstić information content (AvgIpc) is 1.95. The minimum atomic E-state index is -1.23. The summed E-state index contributed by atoms with van der Waals surface area (Å²) in [4.78, 5) is 0. The smallest absolute Gasteiger partial charge is 0.165 e. The van der Waals surface area contributed by atoms with Gasteiger partial charge < -0.3 is 10.2 Å². The average molecular weight is 184 g/mol. The van der Waals surface area contributed by atoms with Gasteiger partial charge in [-0.3, -0.25) is 0 Å². The van der Waals surface area contributed by atoms with Crippen LogP contribution >= 0.6 is 0 Å². The molecule has 0 aliphatic heterocycles. The van der Waals surface area contributed by atoms with E-state index < -0.39 is 17.2 Å². The molecule has 0 atom stereocenters. The molecule has 0 saturated carbocycles. The number of aryl methyl sites for hydroxylation is 1. The van der Waals surface area contributed by atoms with Crippen molar-refractivity contribution in [1.82, 2.24) is 0 Å². The molecule has 0 fully saturated rings. The van der Waals surface area contributed by atoms with Gasteiger partial charge in [-0.15, -0.1) is 0 Å². The summed E-state index contributed by atoms with van der Waals surface area (Å²) in [5, 5.41) is 19.0. The van der Waals surface area contributed by atoms with E-state index >= 15 is 0 Å². The fourth-order valence-electron chi connectivity index (χ4n) is 1.44. The Balaban J connectivity index is 3.43. The highest BCUT2D eigenvalue weighted by molar-refractivity contribution is 5.43. The van der Waals surface area contributed by atoms with E-state index in [4.69, 9.17) is 0 Å². The number of aliphatic hydroxyl groups is 1. The molecule has 0 unspecified atom stereocenters. The van der Waals surface area contributed by atoms with Gasteiger partial charge in [0.1, 0.15) is 0 Å². The van der Waals surface area contributed by atoms with Crippen LogP contribution in [-0.4, -0.2) is 10.2 Å². The van der Waals surface area contributed by atoms with Gasteiger partial charge in [0.05, 0.1) is 5.60 Å². The molecule has 0 radical (unpaired) electrons. The molecule has 1 aromatic carbocycles. The molecule has 1 rings (SSSR count). The largest absolute Gasteiger partial charge is 0.505 e. The molecule has 0 spiro atoms. The quantitative estimate of drug-likeness (QED) is 0.701. The van der Waals surface area contributed by atoms with Crippen LogP contribution in [0.5, 0.6) is 5.75 Å². The van der Waals surface area contributed by atoms with Crippen LogP contribution in [0.3, 0.4) is 0 Å². The first-order chi connectivity index (χ1) is 5.84. The summed E-state index contributed by atoms with van der Waals surface area (Å²) in [5.41, 5.74) is -0.310. The maximum Gasteiger partial charge on any atom is 0.165 e. The van der Waals surface area contributed by atoms with Crippen molar-refractivity contribution in [2.45, 2.75) is 26.4 Å². The highest BCUT2D eigenvalue weighted by Crippen LogP contribution is 2.33. The SMILES string of the molecule is Cc1ccc(F)c(O)c1C(C)(C)O.